The van der Waals surface area contributed by atoms with Crippen LogP contribution in [-0.2, 0) is 14.3 Å². The lowest BCUT2D eigenvalue weighted by Gasteiger charge is -2.36. The number of ketones is 1. The normalized spacial score (nSPS) is 26.0. The van der Waals surface area contributed by atoms with Crippen LogP contribution in [0.1, 0.15) is 68.4 Å². The minimum atomic E-state index is -0.587. The molecule has 1 saturated carbocycles. The smallest absolute Gasteiger partial charge is 0.315 e. The van der Waals surface area contributed by atoms with E-state index in [1.807, 2.05) is 37.3 Å². The van der Waals surface area contributed by atoms with Crippen molar-refractivity contribution in [3.05, 3.63) is 77.3 Å². The number of allylic oxidation sites excluding steroid dienone is 2. The van der Waals surface area contributed by atoms with Crippen molar-refractivity contribution in [2.24, 2.45) is 10.9 Å². The minimum Gasteiger partial charge on any atom is -0.462 e. The molecule has 5 heteroatoms. The number of aliphatic imine (C=N–C) groups is 1. The molecule has 0 amide bonds. The summed E-state index contributed by atoms with van der Waals surface area (Å²) >= 11 is 0. The number of esters is 1. The molecule has 0 radical (unpaired) electrons. The molecule has 1 aromatic carbocycles. The zero-order valence-corrected chi connectivity index (χ0v) is 18.4. The predicted octanol–water partition coefficient (Wildman–Crippen LogP) is 5.14. The Morgan fingerprint density at radius 2 is 1.75 bits per heavy atom. The SMILES string of the molecule is CC1=NC2=C(C(=O)C[C@@H](c3ccccc3)C2)[C@H](c2cccnc2)C1C(=O)OC1CCCC1. The first-order valence-electron chi connectivity index (χ1n) is 11.6. The fourth-order valence-corrected chi connectivity index (χ4v) is 5.49. The van der Waals surface area contributed by atoms with E-state index in [9.17, 15) is 9.59 Å². The molecule has 0 N–H and O–H groups in total. The second kappa shape index (κ2) is 8.81. The Morgan fingerprint density at radius 3 is 2.47 bits per heavy atom. The van der Waals surface area contributed by atoms with E-state index in [4.69, 9.17) is 9.73 Å². The molecule has 5 rings (SSSR count). The van der Waals surface area contributed by atoms with Crippen molar-refractivity contribution >= 4 is 17.5 Å². The first kappa shape index (κ1) is 20.8. The molecule has 2 heterocycles. The number of nitrogens with zero attached hydrogens (tertiary/aromatic N) is 2. The second-order valence-corrected chi connectivity index (χ2v) is 9.14. The largest absolute Gasteiger partial charge is 0.462 e. The molecular weight excluding hydrogens is 400 g/mol. The van der Waals surface area contributed by atoms with Crippen LogP contribution in [0.5, 0.6) is 0 Å². The Bertz CT molecular complexity index is 1070. The summed E-state index contributed by atoms with van der Waals surface area (Å²) in [4.78, 5) is 36.0. The third-order valence-electron chi connectivity index (χ3n) is 7.04. The summed E-state index contributed by atoms with van der Waals surface area (Å²) in [5.74, 6) is -1.07. The van der Waals surface area contributed by atoms with E-state index in [1.165, 1.54) is 0 Å². The van der Waals surface area contributed by atoms with Crippen LogP contribution >= 0.6 is 0 Å². The lowest BCUT2D eigenvalue weighted by atomic mass is 9.69. The maximum Gasteiger partial charge on any atom is 0.315 e. The molecular formula is C27H28N2O3. The van der Waals surface area contributed by atoms with Crippen molar-refractivity contribution in [1.29, 1.82) is 0 Å². The fourth-order valence-electron chi connectivity index (χ4n) is 5.49. The fraction of sp³-hybridized carbons (Fsp3) is 0.407. The molecule has 1 aliphatic heterocycles. The van der Waals surface area contributed by atoms with Crippen molar-refractivity contribution in [3.63, 3.8) is 0 Å². The molecule has 0 saturated heterocycles. The number of Topliss-reactive ketones (excluding diaryl/α,β-unsaturated/α-hetero) is 1. The highest BCUT2D eigenvalue weighted by Gasteiger charge is 2.45. The van der Waals surface area contributed by atoms with E-state index in [1.54, 1.807) is 12.4 Å². The topological polar surface area (TPSA) is 68.6 Å². The summed E-state index contributed by atoms with van der Waals surface area (Å²) in [7, 11) is 0. The summed E-state index contributed by atoms with van der Waals surface area (Å²) in [6, 6.07) is 14.0. The average Bonchev–Trinajstić information content (AvgIpc) is 3.32. The minimum absolute atomic E-state index is 0.0234. The number of pyridine rings is 1. The van der Waals surface area contributed by atoms with Gasteiger partial charge in [-0.2, -0.15) is 0 Å². The van der Waals surface area contributed by atoms with Crippen LogP contribution < -0.4 is 0 Å². The Hall–Kier alpha value is -3.08. The van der Waals surface area contributed by atoms with Gasteiger partial charge in [0, 0.05) is 41.7 Å². The molecule has 2 aromatic rings. The Balaban J connectivity index is 1.53. The molecule has 0 bridgehead atoms. The van der Waals surface area contributed by atoms with Gasteiger partial charge >= 0.3 is 5.97 Å². The molecule has 2 aliphatic carbocycles. The van der Waals surface area contributed by atoms with E-state index in [2.05, 4.69) is 17.1 Å². The maximum atomic E-state index is 13.5. The number of ether oxygens (including phenoxy) is 1. The van der Waals surface area contributed by atoms with E-state index in [0.29, 0.717) is 18.4 Å². The van der Waals surface area contributed by atoms with Gasteiger partial charge in [-0.3, -0.25) is 19.6 Å². The van der Waals surface area contributed by atoms with Crippen molar-refractivity contribution in [1.82, 2.24) is 4.98 Å². The van der Waals surface area contributed by atoms with Crippen LogP contribution in [0.3, 0.4) is 0 Å². The summed E-state index contributed by atoms with van der Waals surface area (Å²) in [6.07, 6.45) is 8.60. The van der Waals surface area contributed by atoms with Gasteiger partial charge in [-0.05, 0) is 62.1 Å². The van der Waals surface area contributed by atoms with Crippen molar-refractivity contribution < 1.29 is 14.3 Å². The van der Waals surface area contributed by atoms with Crippen LogP contribution in [0.15, 0.2) is 71.1 Å². The van der Waals surface area contributed by atoms with Gasteiger partial charge in [-0.15, -0.1) is 0 Å². The maximum absolute atomic E-state index is 13.5. The standard InChI is InChI=1S/C27H28N2O3/c1-17-24(27(31)32-21-11-5-6-12-21)25(19-10-7-13-28-16-19)26-22(29-17)14-20(15-23(26)30)18-8-3-2-4-9-18/h2-4,7-10,13,16,20-21,24-25H,5-6,11-12,14-15H2,1H3/t20-,24?,25+/m0/s1. The van der Waals surface area contributed by atoms with E-state index >= 15 is 0 Å². The highest BCUT2D eigenvalue weighted by molar-refractivity contribution is 6.09. The first-order chi connectivity index (χ1) is 15.6. The lowest BCUT2D eigenvalue weighted by molar-refractivity contribution is -0.151. The van der Waals surface area contributed by atoms with Gasteiger partial charge in [0.25, 0.3) is 0 Å². The van der Waals surface area contributed by atoms with Gasteiger partial charge in [-0.1, -0.05) is 36.4 Å². The highest BCUT2D eigenvalue weighted by atomic mass is 16.5. The van der Waals surface area contributed by atoms with Crippen LogP contribution in [0.25, 0.3) is 0 Å². The first-order valence-corrected chi connectivity index (χ1v) is 11.6. The average molecular weight is 429 g/mol. The lowest BCUT2D eigenvalue weighted by Crippen LogP contribution is -2.39. The Kier molecular flexibility index (Phi) is 5.73. The molecule has 3 aliphatic rings. The summed E-state index contributed by atoms with van der Waals surface area (Å²) in [5.41, 5.74) is 4.23. The summed E-state index contributed by atoms with van der Waals surface area (Å²) in [6.45, 7) is 1.89. The zero-order valence-electron chi connectivity index (χ0n) is 18.4. The predicted molar refractivity (Wildman–Crippen MR) is 122 cm³/mol. The number of carbonyl (C=O) groups excluding carboxylic acids is 2. The van der Waals surface area contributed by atoms with Crippen molar-refractivity contribution in [2.45, 2.75) is 63.4 Å². The molecule has 5 nitrogen and oxygen atoms in total. The number of hydrogen-bond acceptors (Lipinski definition) is 5. The zero-order chi connectivity index (χ0) is 22.1. The molecule has 0 spiro atoms. The molecule has 32 heavy (non-hydrogen) atoms. The van der Waals surface area contributed by atoms with Crippen LogP contribution in [0, 0.1) is 5.92 Å². The van der Waals surface area contributed by atoms with E-state index in [0.717, 1.165) is 48.2 Å². The number of rotatable bonds is 4. The monoisotopic (exact) mass is 428 g/mol. The quantitative estimate of drug-likeness (QED) is 0.632. The number of hydrogen-bond donors (Lipinski definition) is 0. The van der Waals surface area contributed by atoms with E-state index < -0.39 is 11.8 Å². The van der Waals surface area contributed by atoms with Crippen LogP contribution in [0.2, 0.25) is 0 Å². The Labute approximate surface area is 188 Å². The molecule has 1 aromatic heterocycles. The molecule has 3 atom stereocenters. The molecule has 1 unspecified atom stereocenters. The molecule has 1 fully saturated rings. The van der Waals surface area contributed by atoms with Gasteiger partial charge in [0.15, 0.2) is 5.78 Å². The summed E-state index contributed by atoms with van der Waals surface area (Å²) in [5, 5.41) is 0. The van der Waals surface area contributed by atoms with E-state index in [-0.39, 0.29) is 23.8 Å². The van der Waals surface area contributed by atoms with Gasteiger partial charge in [0.05, 0.1) is 0 Å². The van der Waals surface area contributed by atoms with Crippen molar-refractivity contribution in [2.75, 3.05) is 0 Å². The summed E-state index contributed by atoms with van der Waals surface area (Å²) < 4.78 is 5.90. The van der Waals surface area contributed by atoms with Gasteiger partial charge < -0.3 is 4.74 Å². The Morgan fingerprint density at radius 1 is 1.00 bits per heavy atom. The molecule has 164 valence electrons. The van der Waals surface area contributed by atoms with Crippen molar-refractivity contribution in [3.8, 4) is 0 Å². The third-order valence-corrected chi connectivity index (χ3v) is 7.04. The second-order valence-electron chi connectivity index (χ2n) is 9.14. The number of carbonyl (C=O) groups is 2. The number of aromatic nitrogens is 1. The third kappa shape index (κ3) is 3.92. The number of benzene rings is 1. The van der Waals surface area contributed by atoms with Crippen LogP contribution in [-0.4, -0.2) is 28.6 Å². The van der Waals surface area contributed by atoms with Gasteiger partial charge in [0.2, 0.25) is 0 Å². The highest BCUT2D eigenvalue weighted by Crippen LogP contribution is 2.46. The van der Waals surface area contributed by atoms with Gasteiger partial charge in [0.1, 0.15) is 12.0 Å². The van der Waals surface area contributed by atoms with Gasteiger partial charge in [-0.25, -0.2) is 0 Å². The van der Waals surface area contributed by atoms with Crippen LogP contribution in [0.4, 0.5) is 0 Å².